The zero-order valence-electron chi connectivity index (χ0n) is 16.9. The Kier molecular flexibility index (Phi) is 5.40. The van der Waals surface area contributed by atoms with E-state index in [9.17, 15) is 24.5 Å². The Balaban J connectivity index is 1.60. The van der Waals surface area contributed by atoms with Gasteiger partial charge in [0, 0.05) is 37.3 Å². The van der Waals surface area contributed by atoms with Crippen LogP contribution in [0.1, 0.15) is 37.7 Å². The fourth-order valence-corrected chi connectivity index (χ4v) is 4.01. The van der Waals surface area contributed by atoms with Gasteiger partial charge in [-0.3, -0.25) is 29.5 Å². The average Bonchev–Trinajstić information content (AvgIpc) is 2.73. The Morgan fingerprint density at radius 1 is 1.29 bits per heavy atom. The van der Waals surface area contributed by atoms with Crippen LogP contribution in [0.2, 0.25) is 0 Å². The molecule has 1 saturated heterocycles. The molecule has 2 aliphatic heterocycles. The van der Waals surface area contributed by atoms with E-state index >= 15 is 0 Å². The lowest BCUT2D eigenvalue weighted by molar-refractivity contribution is -0.384. The Morgan fingerprint density at radius 2 is 2.03 bits per heavy atom. The first-order valence-corrected chi connectivity index (χ1v) is 10.1. The largest absolute Gasteiger partial charge is 0.342 e. The first-order valence-electron chi connectivity index (χ1n) is 10.1. The highest BCUT2D eigenvalue weighted by molar-refractivity contribution is 6.04. The van der Waals surface area contributed by atoms with Crippen LogP contribution >= 0.6 is 0 Å². The van der Waals surface area contributed by atoms with Crippen molar-refractivity contribution in [2.45, 2.75) is 32.1 Å². The van der Waals surface area contributed by atoms with Crippen LogP contribution in [0.4, 0.5) is 23.1 Å². The molecule has 1 aromatic heterocycles. The minimum atomic E-state index is -1.02. The minimum Gasteiger partial charge on any atom is -0.342 e. The number of non-ortho nitro benzene ring substituents is 1. The van der Waals surface area contributed by atoms with E-state index in [1.54, 1.807) is 0 Å². The van der Waals surface area contributed by atoms with Crippen molar-refractivity contribution in [3.63, 3.8) is 0 Å². The molecule has 2 aliphatic rings. The average molecular weight is 426 g/mol. The summed E-state index contributed by atoms with van der Waals surface area (Å²) in [4.78, 5) is 57.4. The molecule has 11 heteroatoms. The number of benzene rings is 1. The van der Waals surface area contributed by atoms with Gasteiger partial charge in [-0.25, -0.2) is 0 Å². The second-order valence-electron chi connectivity index (χ2n) is 7.94. The van der Waals surface area contributed by atoms with Crippen LogP contribution < -0.4 is 21.1 Å². The molecule has 162 valence electrons. The molecule has 2 atom stereocenters. The molecule has 0 unspecified atom stereocenters. The lowest BCUT2D eigenvalue weighted by atomic mass is 9.92. The van der Waals surface area contributed by atoms with Crippen molar-refractivity contribution >= 4 is 35.0 Å². The first-order chi connectivity index (χ1) is 14.8. The highest BCUT2D eigenvalue weighted by atomic mass is 16.6. The van der Waals surface area contributed by atoms with E-state index in [0.717, 1.165) is 25.9 Å². The molecule has 0 bridgehead atoms. The van der Waals surface area contributed by atoms with Gasteiger partial charge in [0.1, 0.15) is 5.82 Å². The number of nitrogens with zero attached hydrogens (tertiary/aromatic N) is 3. The molecule has 3 N–H and O–H groups in total. The van der Waals surface area contributed by atoms with E-state index in [-0.39, 0.29) is 23.5 Å². The quantitative estimate of drug-likeness (QED) is 0.499. The van der Waals surface area contributed by atoms with Crippen molar-refractivity contribution in [2.75, 3.05) is 28.6 Å². The number of fused-ring (bicyclic) bond motifs is 1. The SMILES string of the molecule is C[C@@H]1CCCN(c2nc3c(c(=O)[nH]2)[C@H](C(=O)Nc2ccc([N+](=O)[O-])cc2)CC(=O)N3)C1. The van der Waals surface area contributed by atoms with Gasteiger partial charge >= 0.3 is 0 Å². The summed E-state index contributed by atoms with van der Waals surface area (Å²) in [5, 5.41) is 16.0. The fraction of sp³-hybridized carbons (Fsp3) is 0.400. The smallest absolute Gasteiger partial charge is 0.269 e. The Labute approximate surface area is 177 Å². The molecule has 31 heavy (non-hydrogen) atoms. The Bertz CT molecular complexity index is 1100. The van der Waals surface area contributed by atoms with Crippen molar-refractivity contribution < 1.29 is 14.5 Å². The van der Waals surface area contributed by atoms with Gasteiger partial charge in [0.05, 0.1) is 16.4 Å². The number of anilines is 3. The van der Waals surface area contributed by atoms with E-state index in [0.29, 0.717) is 17.6 Å². The molecular formula is C20H22N6O5. The molecule has 4 rings (SSSR count). The molecule has 0 saturated carbocycles. The number of piperidine rings is 1. The predicted octanol–water partition coefficient (Wildman–Crippen LogP) is 1.98. The highest BCUT2D eigenvalue weighted by Crippen LogP contribution is 2.31. The standard InChI is InChI=1S/C20H22N6O5/c1-11-3-2-8-25(10-11)20-23-17-16(19(29)24-20)14(9-15(27)22-17)18(28)21-12-4-6-13(7-5-12)26(30)31/h4-7,11,14H,2-3,8-10H2,1H3,(H,21,28)(H2,22,23,24,27,29)/t11-,14-/m1/s1. The highest BCUT2D eigenvalue weighted by Gasteiger charge is 2.35. The third-order valence-corrected chi connectivity index (χ3v) is 5.56. The molecule has 0 radical (unpaired) electrons. The summed E-state index contributed by atoms with van der Waals surface area (Å²) in [6.07, 6.45) is 1.89. The summed E-state index contributed by atoms with van der Waals surface area (Å²) in [5.41, 5.74) is -0.151. The summed E-state index contributed by atoms with van der Waals surface area (Å²) in [5.74, 6) is -1.05. The predicted molar refractivity (Wildman–Crippen MR) is 113 cm³/mol. The molecular weight excluding hydrogens is 404 g/mol. The normalized spacial score (nSPS) is 20.5. The van der Waals surface area contributed by atoms with Crippen LogP contribution in [-0.2, 0) is 9.59 Å². The van der Waals surface area contributed by atoms with Crippen LogP contribution in [0.15, 0.2) is 29.1 Å². The van der Waals surface area contributed by atoms with Gasteiger partial charge in [-0.2, -0.15) is 4.98 Å². The van der Waals surface area contributed by atoms with Crippen molar-refractivity contribution in [3.05, 3.63) is 50.3 Å². The molecule has 2 aromatic rings. The number of carbonyl (C=O) groups excluding carboxylic acids is 2. The van der Waals surface area contributed by atoms with Crippen LogP contribution in [0.5, 0.6) is 0 Å². The summed E-state index contributed by atoms with van der Waals surface area (Å²) in [6.45, 7) is 3.63. The number of nitro groups is 1. The summed E-state index contributed by atoms with van der Waals surface area (Å²) in [6, 6.07) is 5.31. The molecule has 2 amide bonds. The maximum atomic E-state index is 12.9. The minimum absolute atomic E-state index is 0.0945. The van der Waals surface area contributed by atoms with Crippen LogP contribution in [-0.4, -0.2) is 39.8 Å². The van der Waals surface area contributed by atoms with Crippen LogP contribution in [0, 0.1) is 16.0 Å². The van der Waals surface area contributed by atoms with E-state index in [4.69, 9.17) is 0 Å². The topological polar surface area (TPSA) is 150 Å². The van der Waals surface area contributed by atoms with E-state index in [1.807, 2.05) is 4.90 Å². The monoisotopic (exact) mass is 426 g/mol. The summed E-state index contributed by atoms with van der Waals surface area (Å²) < 4.78 is 0. The number of carbonyl (C=O) groups is 2. The van der Waals surface area contributed by atoms with E-state index in [1.165, 1.54) is 24.3 Å². The van der Waals surface area contributed by atoms with Crippen LogP contribution in [0.3, 0.4) is 0 Å². The summed E-state index contributed by atoms with van der Waals surface area (Å²) in [7, 11) is 0. The molecule has 11 nitrogen and oxygen atoms in total. The Morgan fingerprint density at radius 3 is 2.71 bits per heavy atom. The first kappa shape index (κ1) is 20.5. The number of amides is 2. The van der Waals surface area contributed by atoms with Gasteiger partial charge in [-0.1, -0.05) is 6.92 Å². The number of nitrogens with one attached hydrogen (secondary N) is 3. The van der Waals surface area contributed by atoms with Gasteiger partial charge in [-0.05, 0) is 30.9 Å². The Hall–Kier alpha value is -3.76. The van der Waals surface area contributed by atoms with Gasteiger partial charge in [0.25, 0.3) is 11.2 Å². The summed E-state index contributed by atoms with van der Waals surface area (Å²) >= 11 is 0. The second-order valence-corrected chi connectivity index (χ2v) is 7.94. The maximum Gasteiger partial charge on any atom is 0.269 e. The lowest BCUT2D eigenvalue weighted by Crippen LogP contribution is -2.40. The number of aromatic amines is 1. The van der Waals surface area contributed by atoms with Crippen molar-refractivity contribution in [3.8, 4) is 0 Å². The number of aromatic nitrogens is 2. The van der Waals surface area contributed by atoms with Crippen LogP contribution in [0.25, 0.3) is 0 Å². The van der Waals surface area contributed by atoms with Crippen molar-refractivity contribution in [1.29, 1.82) is 0 Å². The number of hydrogen-bond donors (Lipinski definition) is 3. The lowest BCUT2D eigenvalue weighted by Gasteiger charge is -2.32. The van der Waals surface area contributed by atoms with Gasteiger partial charge < -0.3 is 15.5 Å². The van der Waals surface area contributed by atoms with E-state index in [2.05, 4.69) is 27.5 Å². The van der Waals surface area contributed by atoms with E-state index < -0.39 is 28.2 Å². The fourth-order valence-electron chi connectivity index (χ4n) is 4.01. The molecule has 1 aromatic carbocycles. The van der Waals surface area contributed by atoms with Gasteiger partial charge in [-0.15, -0.1) is 0 Å². The van der Waals surface area contributed by atoms with Crippen molar-refractivity contribution in [2.24, 2.45) is 5.92 Å². The van der Waals surface area contributed by atoms with Crippen molar-refractivity contribution in [1.82, 2.24) is 9.97 Å². The number of hydrogen-bond acceptors (Lipinski definition) is 7. The number of nitro benzene ring substituents is 1. The molecule has 1 fully saturated rings. The van der Waals surface area contributed by atoms with Gasteiger partial charge in [0.2, 0.25) is 17.8 Å². The molecule has 3 heterocycles. The zero-order chi connectivity index (χ0) is 22.1. The molecule has 0 spiro atoms. The zero-order valence-corrected chi connectivity index (χ0v) is 16.9. The number of rotatable bonds is 4. The third-order valence-electron chi connectivity index (χ3n) is 5.56. The molecule has 0 aliphatic carbocycles. The maximum absolute atomic E-state index is 12.9. The van der Waals surface area contributed by atoms with Gasteiger partial charge in [0.15, 0.2) is 0 Å². The second kappa shape index (κ2) is 8.17. The third kappa shape index (κ3) is 4.25. The number of H-pyrrole nitrogens is 1.